The average molecular weight is 617 g/mol. The first-order valence-corrected chi connectivity index (χ1v) is 14.7. The summed E-state index contributed by atoms with van der Waals surface area (Å²) in [4.78, 5) is 50.1. The molecule has 0 spiro atoms. The predicted molar refractivity (Wildman–Crippen MR) is 179 cm³/mol. The van der Waals surface area contributed by atoms with E-state index in [-0.39, 0.29) is 0 Å². The average Bonchev–Trinajstić information content (AvgIpc) is 3.00. The number of hydrogen-bond donors (Lipinski definition) is 2. The molecule has 0 fully saturated rings. The van der Waals surface area contributed by atoms with E-state index in [9.17, 15) is 19.2 Å². The lowest BCUT2D eigenvalue weighted by molar-refractivity contribution is -0.127. The minimum atomic E-state index is -1.28. The Morgan fingerprint density at radius 3 is 1.22 bits per heavy atom. The van der Waals surface area contributed by atoms with Gasteiger partial charge < -0.3 is 10.6 Å². The third-order valence-electron chi connectivity index (χ3n) is 7.36. The van der Waals surface area contributed by atoms with E-state index in [2.05, 4.69) is 31.1 Å². The molecule has 234 valence electrons. The molecule has 0 aliphatic rings. The molecule has 0 heterocycles. The van der Waals surface area contributed by atoms with Gasteiger partial charge in [-0.3, -0.25) is 19.2 Å². The van der Waals surface area contributed by atoms with Gasteiger partial charge in [0, 0.05) is 11.4 Å². The third kappa shape index (κ3) is 8.29. The standard InChI is InChI=1S/C36H36N6O4/c1-21-11-7-9-13-29(21)37-35(45)33(25(5)43)41-39-31-17-15-27(19-23(31)3)28-16-18-32(24(4)20-28)40-42-34(26(6)44)36(46)38-30-14-10-8-12-22(30)2/h7-20,33-34H,1-6H3,(H,37,45)(H,38,46). The van der Waals surface area contributed by atoms with Gasteiger partial charge in [0.2, 0.25) is 12.1 Å². The van der Waals surface area contributed by atoms with Gasteiger partial charge in [-0.1, -0.05) is 48.5 Å². The molecule has 2 unspecified atom stereocenters. The number of Topliss-reactive ketones (excluding diaryl/α,β-unsaturated/α-hetero) is 2. The highest BCUT2D eigenvalue weighted by atomic mass is 16.2. The highest BCUT2D eigenvalue weighted by molar-refractivity contribution is 6.11. The monoisotopic (exact) mass is 616 g/mol. The van der Waals surface area contributed by atoms with Crippen molar-refractivity contribution in [3.63, 3.8) is 0 Å². The van der Waals surface area contributed by atoms with E-state index in [4.69, 9.17) is 0 Å². The van der Waals surface area contributed by atoms with Crippen LogP contribution in [0.3, 0.4) is 0 Å². The van der Waals surface area contributed by atoms with Crippen molar-refractivity contribution in [3.05, 3.63) is 107 Å². The van der Waals surface area contributed by atoms with Crippen molar-refractivity contribution >= 4 is 46.1 Å². The fourth-order valence-electron chi connectivity index (χ4n) is 4.60. The van der Waals surface area contributed by atoms with Crippen LogP contribution in [-0.2, 0) is 19.2 Å². The predicted octanol–water partition coefficient (Wildman–Crippen LogP) is 7.95. The van der Waals surface area contributed by atoms with Crippen LogP contribution in [0.5, 0.6) is 0 Å². The first-order chi connectivity index (χ1) is 21.9. The van der Waals surface area contributed by atoms with Crippen molar-refractivity contribution in [3.8, 4) is 11.1 Å². The molecule has 4 rings (SSSR count). The summed E-state index contributed by atoms with van der Waals surface area (Å²) in [5.74, 6) is -1.93. The quantitative estimate of drug-likeness (QED) is 0.130. The molecule has 0 aliphatic heterocycles. The van der Waals surface area contributed by atoms with Crippen LogP contribution in [0.25, 0.3) is 11.1 Å². The molecule has 0 aliphatic carbocycles. The van der Waals surface area contributed by atoms with E-state index in [1.807, 2.05) is 76.2 Å². The number of anilines is 2. The number of azo groups is 2. The Labute approximate surface area is 268 Å². The summed E-state index contributed by atoms with van der Waals surface area (Å²) < 4.78 is 0. The van der Waals surface area contributed by atoms with Crippen LogP contribution in [0.15, 0.2) is 105 Å². The first-order valence-electron chi connectivity index (χ1n) is 14.7. The summed E-state index contributed by atoms with van der Waals surface area (Å²) in [5.41, 5.74) is 7.43. The molecule has 0 saturated heterocycles. The van der Waals surface area contributed by atoms with Gasteiger partial charge in [0.15, 0.2) is 11.6 Å². The van der Waals surface area contributed by atoms with Crippen LogP contribution < -0.4 is 10.6 Å². The number of hydrogen-bond acceptors (Lipinski definition) is 8. The number of benzene rings is 4. The summed E-state index contributed by atoms with van der Waals surface area (Å²) in [6, 6.07) is 23.2. The van der Waals surface area contributed by atoms with Crippen molar-refractivity contribution in [2.75, 3.05) is 10.6 Å². The molecule has 46 heavy (non-hydrogen) atoms. The van der Waals surface area contributed by atoms with Gasteiger partial charge in [-0.25, -0.2) is 0 Å². The summed E-state index contributed by atoms with van der Waals surface area (Å²) in [6.07, 6.45) is 0. The maximum absolute atomic E-state index is 12.8. The topological polar surface area (TPSA) is 142 Å². The summed E-state index contributed by atoms with van der Waals surface area (Å²) in [6.45, 7) is 10.1. The van der Waals surface area contributed by atoms with E-state index < -0.39 is 35.5 Å². The Morgan fingerprint density at radius 1 is 0.522 bits per heavy atom. The van der Waals surface area contributed by atoms with Crippen molar-refractivity contribution in [2.45, 2.75) is 53.6 Å². The maximum atomic E-state index is 12.8. The fraction of sp³-hybridized carbons (Fsp3) is 0.222. The van der Waals surface area contributed by atoms with Gasteiger partial charge in [-0.05, 0) is 111 Å². The number of para-hydroxylation sites is 2. The van der Waals surface area contributed by atoms with Gasteiger partial charge in [-0.15, -0.1) is 0 Å². The van der Waals surface area contributed by atoms with Crippen LogP contribution in [0, 0.1) is 27.7 Å². The van der Waals surface area contributed by atoms with Gasteiger partial charge in [-0.2, -0.15) is 20.5 Å². The number of rotatable bonds is 11. The second kappa shape index (κ2) is 14.9. The number of carbonyl (C=O) groups excluding carboxylic acids is 4. The molecular formula is C36H36N6O4. The second-order valence-electron chi connectivity index (χ2n) is 11.1. The van der Waals surface area contributed by atoms with Crippen LogP contribution in [-0.4, -0.2) is 35.5 Å². The van der Waals surface area contributed by atoms with Crippen molar-refractivity contribution in [1.29, 1.82) is 0 Å². The molecule has 0 bridgehead atoms. The van der Waals surface area contributed by atoms with E-state index in [1.165, 1.54) is 13.8 Å². The number of nitrogens with one attached hydrogen (secondary N) is 2. The zero-order chi connectivity index (χ0) is 33.4. The highest BCUT2D eigenvalue weighted by Gasteiger charge is 2.25. The largest absolute Gasteiger partial charge is 0.324 e. The second-order valence-corrected chi connectivity index (χ2v) is 11.1. The molecule has 10 heteroatoms. The number of amides is 2. The van der Waals surface area contributed by atoms with Crippen LogP contribution in [0.2, 0.25) is 0 Å². The molecule has 4 aromatic rings. The molecule has 2 amide bonds. The first kappa shape index (κ1) is 33.3. The van der Waals surface area contributed by atoms with E-state index >= 15 is 0 Å². The van der Waals surface area contributed by atoms with Crippen LogP contribution in [0.4, 0.5) is 22.7 Å². The smallest absolute Gasteiger partial charge is 0.258 e. The normalized spacial score (nSPS) is 12.6. The van der Waals surface area contributed by atoms with E-state index in [0.717, 1.165) is 33.4 Å². The minimum Gasteiger partial charge on any atom is -0.324 e. The lowest BCUT2D eigenvalue weighted by atomic mass is 10.0. The molecule has 2 N–H and O–H groups in total. The molecular weight excluding hydrogens is 580 g/mol. The molecule has 4 aromatic carbocycles. The van der Waals surface area contributed by atoms with E-state index in [0.29, 0.717) is 22.7 Å². The Balaban J connectivity index is 1.47. The highest BCUT2D eigenvalue weighted by Crippen LogP contribution is 2.31. The molecule has 0 aromatic heterocycles. The maximum Gasteiger partial charge on any atom is 0.258 e. The van der Waals surface area contributed by atoms with Crippen molar-refractivity contribution in [2.24, 2.45) is 20.5 Å². The summed E-state index contributed by atoms with van der Waals surface area (Å²) >= 11 is 0. The van der Waals surface area contributed by atoms with E-state index in [1.54, 1.807) is 36.4 Å². The zero-order valence-corrected chi connectivity index (χ0v) is 26.7. The molecule has 2 atom stereocenters. The van der Waals surface area contributed by atoms with Crippen LogP contribution in [0.1, 0.15) is 36.1 Å². The summed E-state index contributed by atoms with van der Waals surface area (Å²) in [7, 11) is 0. The molecule has 0 saturated carbocycles. The van der Waals surface area contributed by atoms with Crippen molar-refractivity contribution < 1.29 is 19.2 Å². The number of ketones is 2. The fourth-order valence-corrected chi connectivity index (χ4v) is 4.60. The lowest BCUT2D eigenvalue weighted by Gasteiger charge is -2.12. The number of carbonyl (C=O) groups is 4. The Bertz CT molecular complexity index is 1730. The Morgan fingerprint density at radius 2 is 0.891 bits per heavy atom. The SMILES string of the molecule is CC(=O)C(N=Nc1ccc(-c2ccc(N=NC(C(C)=O)C(=O)Nc3ccccc3C)c(C)c2)cc1C)C(=O)Nc1ccccc1C. The Kier molecular flexibility index (Phi) is 10.8. The van der Waals surface area contributed by atoms with Gasteiger partial charge >= 0.3 is 0 Å². The van der Waals surface area contributed by atoms with Gasteiger partial charge in [0.1, 0.15) is 0 Å². The van der Waals surface area contributed by atoms with Crippen molar-refractivity contribution in [1.82, 2.24) is 0 Å². The summed E-state index contributed by atoms with van der Waals surface area (Å²) in [5, 5.41) is 22.1. The molecule has 0 radical (unpaired) electrons. The number of aryl methyl sites for hydroxylation is 4. The van der Waals surface area contributed by atoms with Gasteiger partial charge in [0.25, 0.3) is 11.8 Å². The minimum absolute atomic E-state index is 0.418. The zero-order valence-electron chi connectivity index (χ0n) is 26.7. The number of nitrogens with zero attached hydrogens (tertiary/aromatic N) is 4. The third-order valence-corrected chi connectivity index (χ3v) is 7.36. The van der Waals surface area contributed by atoms with Gasteiger partial charge in [0.05, 0.1) is 11.4 Å². The van der Waals surface area contributed by atoms with Crippen LogP contribution >= 0.6 is 0 Å². The lowest BCUT2D eigenvalue weighted by Crippen LogP contribution is -2.32. The Hall–Kier alpha value is -5.64. The molecule has 10 nitrogen and oxygen atoms in total.